The van der Waals surface area contributed by atoms with Gasteiger partial charge < -0.3 is 35.8 Å². The maximum absolute atomic E-state index is 15.0. The highest BCUT2D eigenvalue weighted by Gasteiger charge is 2.29. The number of nitrogens with zero attached hydrogens (tertiary/aromatic N) is 6. The second-order valence-electron chi connectivity index (χ2n) is 16.8. The molecule has 2 saturated carbocycles. The first-order chi connectivity index (χ1) is 32.9. The van der Waals surface area contributed by atoms with Crippen molar-refractivity contribution < 1.29 is 42.5 Å². The van der Waals surface area contributed by atoms with Crippen LogP contribution in [0, 0.1) is 49.2 Å². The van der Waals surface area contributed by atoms with Crippen LogP contribution in [0.15, 0.2) is 23.2 Å². The van der Waals surface area contributed by atoms with Crippen LogP contribution in [0.4, 0.5) is 41.6 Å². The molecule has 4 aromatic rings. The lowest BCUT2D eigenvalue weighted by Gasteiger charge is -2.24. The van der Waals surface area contributed by atoms with Crippen LogP contribution in [0.25, 0.3) is 0 Å². The first-order valence-corrected chi connectivity index (χ1v) is 24.6. The molecule has 3 atom stereocenters. The maximum atomic E-state index is 15.0. The Morgan fingerprint density at radius 3 is 1.57 bits per heavy atom. The Kier molecular flexibility index (Phi) is 20.0. The van der Waals surface area contributed by atoms with Gasteiger partial charge in [0, 0.05) is 42.7 Å². The van der Waals surface area contributed by atoms with Crippen LogP contribution in [-0.2, 0) is 32.2 Å². The Bertz CT molecular complexity index is 2230. The molecule has 4 amide bonds. The molecule has 9 N–H and O–H groups in total. The molecule has 21 nitrogen and oxygen atoms in total. The monoisotopic (exact) mass is 986 g/mol. The molecule has 0 spiro atoms. The van der Waals surface area contributed by atoms with E-state index in [-0.39, 0.29) is 42.3 Å². The number of thiazole rings is 2. The number of ether oxygens (including phenoxy) is 2. The van der Waals surface area contributed by atoms with Gasteiger partial charge in [-0.2, -0.15) is 8.78 Å². The van der Waals surface area contributed by atoms with Gasteiger partial charge in [0.15, 0.2) is 23.3 Å². The molecule has 68 heavy (non-hydrogen) atoms. The third-order valence-corrected chi connectivity index (χ3v) is 13.2. The van der Waals surface area contributed by atoms with Crippen molar-refractivity contribution in [1.29, 1.82) is 0 Å². The summed E-state index contributed by atoms with van der Waals surface area (Å²) in [5.74, 6) is -2.23. The van der Waals surface area contributed by atoms with Crippen molar-refractivity contribution in [3.05, 3.63) is 56.5 Å². The number of halogens is 2. The van der Waals surface area contributed by atoms with E-state index in [1.165, 1.54) is 22.7 Å². The van der Waals surface area contributed by atoms with E-state index in [1.54, 1.807) is 26.2 Å². The van der Waals surface area contributed by atoms with Gasteiger partial charge in [-0.3, -0.25) is 31.3 Å². The third-order valence-electron chi connectivity index (χ3n) is 11.6. The molecule has 1 unspecified atom stereocenters. The predicted molar refractivity (Wildman–Crippen MR) is 250 cm³/mol. The van der Waals surface area contributed by atoms with Gasteiger partial charge >= 0.3 is 12.2 Å². The lowest BCUT2D eigenvalue weighted by Crippen LogP contribution is -2.43. The summed E-state index contributed by atoms with van der Waals surface area (Å²) < 4.78 is 40.6. The maximum Gasteiger partial charge on any atom is 0.409 e. The van der Waals surface area contributed by atoms with Crippen molar-refractivity contribution in [2.45, 2.75) is 117 Å². The Balaban J connectivity index is 0.000000228. The molecular weight excluding hydrogens is 927 g/mol. The van der Waals surface area contributed by atoms with Crippen molar-refractivity contribution in [3.63, 3.8) is 0 Å². The van der Waals surface area contributed by atoms with Crippen LogP contribution in [0.3, 0.4) is 0 Å². The van der Waals surface area contributed by atoms with Crippen LogP contribution < -0.4 is 43.0 Å². The fourth-order valence-electron chi connectivity index (χ4n) is 8.21. The van der Waals surface area contributed by atoms with Crippen LogP contribution in [0.2, 0.25) is 0 Å². The molecule has 2 aliphatic carbocycles. The van der Waals surface area contributed by atoms with Crippen LogP contribution >= 0.6 is 22.7 Å². The van der Waals surface area contributed by atoms with E-state index in [4.69, 9.17) is 14.6 Å². The average Bonchev–Trinajstić information content (AvgIpc) is 4.19. The molecule has 4 aromatic heterocycles. The minimum atomic E-state index is -1.19. The number of rotatable bonds is 21. The molecule has 1 aliphatic heterocycles. The summed E-state index contributed by atoms with van der Waals surface area (Å²) in [6, 6.07) is 0. The van der Waals surface area contributed by atoms with E-state index < -0.39 is 47.9 Å². The molecule has 0 aromatic carbocycles. The lowest BCUT2D eigenvalue weighted by atomic mass is 9.92. The number of aromatic nitrogens is 6. The summed E-state index contributed by atoms with van der Waals surface area (Å²) in [6.07, 6.45) is 13.4. The summed E-state index contributed by atoms with van der Waals surface area (Å²) in [4.78, 5) is 73.5. The Morgan fingerprint density at radius 2 is 1.15 bits per heavy atom. The van der Waals surface area contributed by atoms with E-state index in [0.29, 0.717) is 62.4 Å². The van der Waals surface area contributed by atoms with Crippen molar-refractivity contribution in [1.82, 2.24) is 51.4 Å². The summed E-state index contributed by atoms with van der Waals surface area (Å²) in [7, 11) is 0. The zero-order valence-corrected chi connectivity index (χ0v) is 39.7. The number of hydrogen-bond donors (Lipinski definition) is 9. The molecule has 5 heterocycles. The van der Waals surface area contributed by atoms with Gasteiger partial charge in [0.1, 0.15) is 21.7 Å². The van der Waals surface area contributed by atoms with E-state index in [1.807, 2.05) is 10.8 Å². The lowest BCUT2D eigenvalue weighted by molar-refractivity contribution is -0.128. The third kappa shape index (κ3) is 16.6. The summed E-state index contributed by atoms with van der Waals surface area (Å²) in [5, 5.41) is 24.9. The number of carboxylic acid groups (broad SMARTS) is 1. The topological polar surface area (TPSA) is 281 Å². The van der Waals surface area contributed by atoms with Crippen molar-refractivity contribution in [2.24, 2.45) is 23.7 Å². The fourth-order valence-corrected chi connectivity index (χ4v) is 9.32. The summed E-state index contributed by atoms with van der Waals surface area (Å²) in [5.41, 5.74) is 10.2. The zero-order chi connectivity index (χ0) is 48.3. The van der Waals surface area contributed by atoms with Gasteiger partial charge in [-0.05, 0) is 51.4 Å². The van der Waals surface area contributed by atoms with E-state index in [9.17, 15) is 23.6 Å². The number of anilines is 4. The molecule has 25 heteroatoms. The summed E-state index contributed by atoms with van der Waals surface area (Å²) in [6.45, 7) is 4.52. The smallest absolute Gasteiger partial charge is 0.409 e. The zero-order valence-electron chi connectivity index (χ0n) is 38.1. The average molecular weight is 987 g/mol. The number of nitrogens with one attached hydrogen (secondary N) is 8. The molecular formula is C43H60F2N14O7S2. The standard InChI is InChI=1S/C24H34FN7O4S.C19H26FN7O3S/c1-15-29-21(27-14-18-26-9-11-37-18)20(25)22(30-15)31-32-23(33)17(12-16-6-2-3-7-16)13-28-24(34)36-19-8-4-5-10-35-19;1-11-24-16(22-10-14-21-6-7-31-14)15(20)17(25-11)26-27-18(28)13(9-23-19(29)30)8-12-4-2-3-5-12/h9,11,16-17,19H,2-8,10,12-14H2,1H3,(H,28,34)(H,32,33)(H2,27,29,30,31);6-7,12-13,23H,2-5,8-10H2,1H3,(H,27,28)(H,29,30)(H2,22,24,25,26)/t17-,19?;13-/m11/s1. The van der Waals surface area contributed by atoms with Crippen LogP contribution in [-0.4, -0.2) is 85.0 Å². The molecule has 3 aliphatic rings. The van der Waals surface area contributed by atoms with E-state index >= 15 is 4.39 Å². The van der Waals surface area contributed by atoms with Gasteiger partial charge in [-0.1, -0.05) is 51.4 Å². The summed E-state index contributed by atoms with van der Waals surface area (Å²) >= 11 is 2.88. The second-order valence-corrected chi connectivity index (χ2v) is 18.7. The molecule has 0 bridgehead atoms. The first-order valence-electron chi connectivity index (χ1n) is 22.9. The normalized spacial score (nSPS) is 16.9. The van der Waals surface area contributed by atoms with Crippen LogP contribution in [0.1, 0.15) is 105 Å². The molecule has 370 valence electrons. The SMILES string of the molecule is Cc1nc(NCc2nccs2)c(F)c(NNC(=O)[C@@H](CNC(=O)O)CC2CCCC2)n1.Cc1nc(NCc2nccs2)c(F)c(NNC(=O)[C@@H](CNC(=O)OC2CCCCO2)CC2CCCC2)n1. The number of amides is 4. The van der Waals surface area contributed by atoms with Gasteiger partial charge in [0.25, 0.3) is 0 Å². The fraction of sp³-hybridized carbons (Fsp3) is 0.581. The highest BCUT2D eigenvalue weighted by atomic mass is 32.1. The Labute approximate surface area is 400 Å². The van der Waals surface area contributed by atoms with Gasteiger partial charge in [0.2, 0.25) is 29.7 Å². The van der Waals surface area contributed by atoms with Crippen molar-refractivity contribution in [2.75, 3.05) is 41.2 Å². The number of aryl methyl sites for hydroxylation is 2. The van der Waals surface area contributed by atoms with Gasteiger partial charge in [-0.25, -0.2) is 39.5 Å². The Morgan fingerprint density at radius 1 is 0.691 bits per heavy atom. The predicted octanol–water partition coefficient (Wildman–Crippen LogP) is 6.79. The molecule has 1 saturated heterocycles. The van der Waals surface area contributed by atoms with Gasteiger partial charge in [0.05, 0.1) is 31.5 Å². The molecule has 0 radical (unpaired) electrons. The largest absolute Gasteiger partial charge is 0.465 e. The number of alkyl carbamates (subject to hydrolysis) is 1. The van der Waals surface area contributed by atoms with E-state index in [2.05, 4.69) is 72.9 Å². The number of hydrogen-bond acceptors (Lipinski definition) is 18. The van der Waals surface area contributed by atoms with Crippen molar-refractivity contribution in [3.8, 4) is 0 Å². The molecule has 3 fully saturated rings. The first kappa shape index (κ1) is 51.3. The quantitative estimate of drug-likeness (QED) is 0.0389. The minimum Gasteiger partial charge on any atom is -0.465 e. The number of carbonyl (C=O) groups excluding carboxylic acids is 3. The second kappa shape index (κ2) is 26.5. The highest BCUT2D eigenvalue weighted by molar-refractivity contribution is 7.09. The minimum absolute atomic E-state index is 0.00509. The van der Waals surface area contributed by atoms with E-state index in [0.717, 1.165) is 74.2 Å². The Hall–Kier alpha value is -6.08. The molecule has 7 rings (SSSR count). The van der Waals surface area contributed by atoms with Crippen molar-refractivity contribution >= 4 is 69.9 Å². The number of hydrazine groups is 2. The van der Waals surface area contributed by atoms with Gasteiger partial charge in [-0.15, -0.1) is 22.7 Å². The highest BCUT2D eigenvalue weighted by Crippen LogP contribution is 2.32. The van der Waals surface area contributed by atoms with Crippen LogP contribution in [0.5, 0.6) is 0 Å². The number of carbonyl (C=O) groups is 4.